The molecule has 17 heavy (non-hydrogen) atoms. The highest BCUT2D eigenvalue weighted by Crippen LogP contribution is 2.31. The first kappa shape index (κ1) is 10.2. The SMILES string of the molecule is [O-]c1on[n+](-c2ccccc2)c1C1(O)COC1. The van der Waals surface area contributed by atoms with E-state index in [9.17, 15) is 10.2 Å². The van der Waals surface area contributed by atoms with Crippen molar-refractivity contribution >= 4 is 0 Å². The highest BCUT2D eigenvalue weighted by molar-refractivity contribution is 5.25. The van der Waals surface area contributed by atoms with Crippen LogP contribution < -0.4 is 9.79 Å². The maximum atomic E-state index is 11.6. The van der Waals surface area contributed by atoms with E-state index in [1.54, 1.807) is 12.1 Å². The molecule has 1 aliphatic rings. The molecule has 3 rings (SSSR count). The third-order valence-electron chi connectivity index (χ3n) is 2.73. The standard InChI is InChI=1S/C11H10N2O4/c14-10-9(11(15)6-16-7-11)13(12-17-10)8-4-2-1-3-5-8/h1-5,15H,6-7H2. The van der Waals surface area contributed by atoms with E-state index in [1.165, 1.54) is 4.68 Å². The molecule has 0 unspecified atom stereocenters. The number of rotatable bonds is 2. The molecular weight excluding hydrogens is 224 g/mol. The van der Waals surface area contributed by atoms with Gasteiger partial charge in [-0.15, -0.1) is 0 Å². The van der Waals surface area contributed by atoms with Crippen molar-refractivity contribution in [2.45, 2.75) is 5.60 Å². The zero-order valence-corrected chi connectivity index (χ0v) is 8.87. The monoisotopic (exact) mass is 234 g/mol. The van der Waals surface area contributed by atoms with Crippen LogP contribution in [0.5, 0.6) is 5.95 Å². The minimum Gasteiger partial charge on any atom is -0.539 e. The Morgan fingerprint density at radius 2 is 2.00 bits per heavy atom. The van der Waals surface area contributed by atoms with Gasteiger partial charge in [-0.1, -0.05) is 18.2 Å². The zero-order valence-electron chi connectivity index (χ0n) is 8.87. The molecule has 1 saturated heterocycles. The number of aliphatic hydroxyl groups is 1. The summed E-state index contributed by atoms with van der Waals surface area (Å²) in [5.41, 5.74) is -0.531. The minimum absolute atomic E-state index is 0.0796. The molecule has 0 bridgehead atoms. The van der Waals surface area contributed by atoms with Crippen LogP contribution in [-0.2, 0) is 10.3 Å². The molecule has 0 radical (unpaired) electrons. The van der Waals surface area contributed by atoms with E-state index >= 15 is 0 Å². The molecule has 1 aromatic heterocycles. The van der Waals surface area contributed by atoms with Crippen LogP contribution in [0, 0.1) is 0 Å². The molecule has 0 amide bonds. The van der Waals surface area contributed by atoms with Crippen LogP contribution >= 0.6 is 0 Å². The molecule has 1 aliphatic heterocycles. The molecular formula is C11H10N2O4. The molecule has 0 atom stereocenters. The first-order chi connectivity index (χ1) is 8.21. The van der Waals surface area contributed by atoms with Crippen molar-refractivity contribution in [3.05, 3.63) is 36.0 Å². The van der Waals surface area contributed by atoms with E-state index in [4.69, 9.17) is 4.74 Å². The maximum Gasteiger partial charge on any atom is 0.276 e. The van der Waals surface area contributed by atoms with E-state index in [2.05, 4.69) is 9.79 Å². The molecule has 1 N–H and O–H groups in total. The lowest BCUT2D eigenvalue weighted by Gasteiger charge is -2.32. The lowest BCUT2D eigenvalue weighted by Crippen LogP contribution is -2.54. The molecule has 2 heterocycles. The highest BCUT2D eigenvalue weighted by atomic mass is 16.6. The van der Waals surface area contributed by atoms with Crippen LogP contribution in [0.3, 0.4) is 0 Å². The Labute approximate surface area is 96.6 Å². The van der Waals surface area contributed by atoms with Gasteiger partial charge in [0.15, 0.2) is 5.95 Å². The number of ether oxygens (including phenoxy) is 1. The van der Waals surface area contributed by atoms with Gasteiger partial charge in [-0.25, -0.2) is 0 Å². The third-order valence-corrected chi connectivity index (χ3v) is 2.73. The fourth-order valence-corrected chi connectivity index (χ4v) is 1.81. The van der Waals surface area contributed by atoms with Crippen LogP contribution in [-0.4, -0.2) is 23.6 Å². The second-order valence-corrected chi connectivity index (χ2v) is 3.98. The van der Waals surface area contributed by atoms with Gasteiger partial charge in [0.1, 0.15) is 0 Å². The van der Waals surface area contributed by atoms with Crippen LogP contribution in [0.15, 0.2) is 34.9 Å². The predicted octanol–water partition coefficient (Wildman–Crippen LogP) is -0.757. The summed E-state index contributed by atoms with van der Waals surface area (Å²) in [6, 6.07) is 9.02. The molecule has 0 saturated carbocycles. The molecule has 1 aromatic carbocycles. The van der Waals surface area contributed by atoms with Crippen molar-refractivity contribution in [3.63, 3.8) is 0 Å². The quantitative estimate of drug-likeness (QED) is 0.691. The Balaban J connectivity index is 2.13. The molecule has 1 fully saturated rings. The topological polar surface area (TPSA) is 82.4 Å². The van der Waals surface area contributed by atoms with E-state index in [0.29, 0.717) is 5.69 Å². The molecule has 2 aromatic rings. The number of aromatic nitrogens is 2. The van der Waals surface area contributed by atoms with E-state index in [1.807, 2.05) is 18.2 Å². The lowest BCUT2D eigenvalue weighted by molar-refractivity contribution is -0.686. The van der Waals surface area contributed by atoms with Crippen LogP contribution in [0.2, 0.25) is 0 Å². The summed E-state index contributed by atoms with van der Waals surface area (Å²) < 4.78 is 10.9. The molecule has 88 valence electrons. The van der Waals surface area contributed by atoms with E-state index in [0.717, 1.165) is 0 Å². The zero-order chi connectivity index (χ0) is 11.9. The first-order valence-corrected chi connectivity index (χ1v) is 5.16. The first-order valence-electron chi connectivity index (χ1n) is 5.16. The summed E-state index contributed by atoms with van der Waals surface area (Å²) in [5.74, 6) is -0.639. The lowest BCUT2D eigenvalue weighted by atomic mass is 9.98. The van der Waals surface area contributed by atoms with Gasteiger partial charge in [0.2, 0.25) is 11.3 Å². The summed E-state index contributed by atoms with van der Waals surface area (Å²) in [7, 11) is 0. The summed E-state index contributed by atoms with van der Waals surface area (Å²) in [6.45, 7) is 0.159. The van der Waals surface area contributed by atoms with Crippen molar-refractivity contribution in [2.24, 2.45) is 0 Å². The second-order valence-electron chi connectivity index (χ2n) is 3.98. The van der Waals surface area contributed by atoms with Crippen molar-refractivity contribution in [1.82, 2.24) is 5.27 Å². The number of nitrogens with zero attached hydrogens (tertiary/aromatic N) is 2. The second kappa shape index (κ2) is 3.54. The van der Waals surface area contributed by atoms with Gasteiger partial charge in [-0.3, -0.25) is 0 Å². The largest absolute Gasteiger partial charge is 0.539 e. The molecule has 6 heteroatoms. The Morgan fingerprint density at radius 1 is 1.29 bits per heavy atom. The van der Waals surface area contributed by atoms with Gasteiger partial charge in [-0.05, 0) is 4.68 Å². The fourth-order valence-electron chi connectivity index (χ4n) is 1.81. The summed E-state index contributed by atoms with van der Waals surface area (Å²) in [4.78, 5) is 0. The van der Waals surface area contributed by atoms with Crippen LogP contribution in [0.1, 0.15) is 5.69 Å². The number of hydrogen-bond acceptors (Lipinski definition) is 5. The van der Waals surface area contributed by atoms with Gasteiger partial charge in [0, 0.05) is 12.1 Å². The average Bonchev–Trinajstić information content (AvgIpc) is 2.70. The Bertz CT molecular complexity index is 534. The van der Waals surface area contributed by atoms with Gasteiger partial charge in [-0.2, -0.15) is 0 Å². The average molecular weight is 234 g/mol. The van der Waals surface area contributed by atoms with Crippen molar-refractivity contribution in [1.29, 1.82) is 0 Å². The third kappa shape index (κ3) is 1.49. The van der Waals surface area contributed by atoms with Gasteiger partial charge < -0.3 is 19.5 Å². The van der Waals surface area contributed by atoms with Crippen LogP contribution in [0.25, 0.3) is 5.69 Å². The van der Waals surface area contributed by atoms with Crippen LogP contribution in [0.4, 0.5) is 0 Å². The minimum atomic E-state index is -1.30. The van der Waals surface area contributed by atoms with Crippen molar-refractivity contribution in [2.75, 3.05) is 13.2 Å². The summed E-state index contributed by atoms with van der Waals surface area (Å²) in [5, 5.41) is 25.4. The van der Waals surface area contributed by atoms with Gasteiger partial charge >= 0.3 is 0 Å². The molecule has 0 spiro atoms. The van der Waals surface area contributed by atoms with Gasteiger partial charge in [0.25, 0.3) is 5.69 Å². The Morgan fingerprint density at radius 3 is 2.59 bits per heavy atom. The number of hydrogen-bond donors (Lipinski definition) is 1. The maximum absolute atomic E-state index is 11.6. The summed E-state index contributed by atoms with van der Waals surface area (Å²) in [6.07, 6.45) is 0. The highest BCUT2D eigenvalue weighted by Gasteiger charge is 2.48. The van der Waals surface area contributed by atoms with Gasteiger partial charge in [0.05, 0.1) is 18.5 Å². The van der Waals surface area contributed by atoms with E-state index in [-0.39, 0.29) is 18.9 Å². The van der Waals surface area contributed by atoms with Crippen molar-refractivity contribution in [3.8, 4) is 11.6 Å². The number of benzene rings is 1. The fraction of sp³-hybridized carbons (Fsp3) is 0.273. The van der Waals surface area contributed by atoms with Crippen molar-refractivity contribution < 1.29 is 24.2 Å². The predicted molar refractivity (Wildman–Crippen MR) is 52.2 cm³/mol. The number of para-hydroxylation sites is 1. The Kier molecular flexibility index (Phi) is 2.13. The molecule has 6 nitrogen and oxygen atoms in total. The van der Waals surface area contributed by atoms with E-state index < -0.39 is 11.5 Å². The normalized spacial score (nSPS) is 17.7. The summed E-state index contributed by atoms with van der Waals surface area (Å²) >= 11 is 0. The smallest absolute Gasteiger partial charge is 0.276 e. The Hall–Kier alpha value is -1.92. The molecule has 0 aliphatic carbocycles.